The number of ketones is 1. The number of ether oxygens (including phenoxy) is 2. The van der Waals surface area contributed by atoms with E-state index in [1.165, 1.54) is 49.6 Å². The van der Waals surface area contributed by atoms with Crippen LogP contribution in [0.15, 0.2) is 65.6 Å². The second-order valence-electron chi connectivity index (χ2n) is 7.84. The summed E-state index contributed by atoms with van der Waals surface area (Å²) in [4.78, 5) is 60.0. The average Bonchev–Trinajstić information content (AvgIpc) is 3.17. The number of Topliss-reactive ketones (excluding diaryl/α,β-unsaturated/α-hetero) is 1. The van der Waals surface area contributed by atoms with Gasteiger partial charge in [0.2, 0.25) is 5.75 Å². The Hall–Kier alpha value is -4.75. The maximum atomic E-state index is 13.0. The van der Waals surface area contributed by atoms with Crippen molar-refractivity contribution in [1.29, 1.82) is 0 Å². The van der Waals surface area contributed by atoms with Crippen molar-refractivity contribution >= 4 is 57.7 Å². The van der Waals surface area contributed by atoms with Crippen molar-refractivity contribution < 1.29 is 33.7 Å². The summed E-state index contributed by atoms with van der Waals surface area (Å²) in [7, 11) is 1.33. The van der Waals surface area contributed by atoms with E-state index in [4.69, 9.17) is 21.1 Å². The van der Waals surface area contributed by atoms with Crippen LogP contribution in [0, 0.1) is 20.2 Å². The summed E-state index contributed by atoms with van der Waals surface area (Å²) in [5, 5.41) is 22.4. The molecule has 2 amide bonds. The Morgan fingerprint density at radius 2 is 1.74 bits per heavy atom. The largest absolute Gasteiger partial charge is 0.493 e. The van der Waals surface area contributed by atoms with Gasteiger partial charge in [0.1, 0.15) is 0 Å². The van der Waals surface area contributed by atoms with Crippen LogP contribution >= 0.6 is 23.4 Å². The highest BCUT2D eigenvalue weighted by Gasteiger charge is 2.37. The minimum atomic E-state index is -0.833. The molecule has 39 heavy (non-hydrogen) atoms. The van der Waals surface area contributed by atoms with Crippen LogP contribution in [0.25, 0.3) is 6.08 Å². The molecule has 1 aliphatic rings. The summed E-state index contributed by atoms with van der Waals surface area (Å²) in [5.74, 6) is -1.41. The van der Waals surface area contributed by atoms with Crippen LogP contribution in [0.2, 0.25) is 5.02 Å². The molecule has 12 nitrogen and oxygen atoms in total. The first-order chi connectivity index (χ1) is 18.6. The summed E-state index contributed by atoms with van der Waals surface area (Å²) in [6, 6.07) is 13.5. The highest BCUT2D eigenvalue weighted by atomic mass is 35.5. The van der Waals surface area contributed by atoms with Gasteiger partial charge in [-0.15, -0.1) is 0 Å². The summed E-state index contributed by atoms with van der Waals surface area (Å²) in [5.41, 5.74) is -0.676. The smallest absolute Gasteiger partial charge is 0.318 e. The van der Waals surface area contributed by atoms with E-state index in [2.05, 4.69) is 0 Å². The summed E-state index contributed by atoms with van der Waals surface area (Å²) in [6.45, 7) is -0.486. The summed E-state index contributed by atoms with van der Waals surface area (Å²) < 4.78 is 11.1. The topological polar surface area (TPSA) is 159 Å². The minimum absolute atomic E-state index is 0.0276. The van der Waals surface area contributed by atoms with Crippen LogP contribution < -0.4 is 9.47 Å². The van der Waals surface area contributed by atoms with Crippen molar-refractivity contribution in [3.63, 3.8) is 0 Å². The molecule has 0 spiro atoms. The number of carbonyl (C=O) groups excluding carboxylic acids is 3. The second kappa shape index (κ2) is 11.3. The van der Waals surface area contributed by atoms with E-state index in [0.717, 1.165) is 23.1 Å². The van der Waals surface area contributed by atoms with Gasteiger partial charge < -0.3 is 9.47 Å². The molecule has 0 saturated carbocycles. The average molecular weight is 570 g/mol. The molecule has 3 aromatic rings. The maximum absolute atomic E-state index is 13.0. The number of methoxy groups -OCH3 is 1. The first-order valence-corrected chi connectivity index (χ1v) is 12.1. The lowest BCUT2D eigenvalue weighted by atomic mass is 10.1. The quantitative estimate of drug-likeness (QED) is 0.132. The number of non-ortho nitro benzene ring substituents is 1. The number of imide groups is 1. The second-order valence-corrected chi connectivity index (χ2v) is 9.27. The van der Waals surface area contributed by atoms with Crippen LogP contribution in [-0.2, 0) is 4.79 Å². The molecular weight excluding hydrogens is 554 g/mol. The van der Waals surface area contributed by atoms with Gasteiger partial charge in [-0.1, -0.05) is 23.7 Å². The Bertz CT molecular complexity index is 1560. The first-order valence-electron chi connectivity index (χ1n) is 10.9. The fraction of sp³-hybridized carbons (Fsp3) is 0.0800. The predicted octanol–water partition coefficient (Wildman–Crippen LogP) is 5.88. The third-order valence-electron chi connectivity index (χ3n) is 5.42. The third kappa shape index (κ3) is 5.89. The molecule has 0 radical (unpaired) electrons. The van der Waals surface area contributed by atoms with Crippen molar-refractivity contribution in [3.8, 4) is 17.2 Å². The van der Waals surface area contributed by atoms with Crippen LogP contribution in [-0.4, -0.2) is 45.3 Å². The molecule has 0 bridgehead atoms. The molecule has 14 heteroatoms. The van der Waals surface area contributed by atoms with Crippen LogP contribution in [0.1, 0.15) is 15.9 Å². The van der Waals surface area contributed by atoms with Gasteiger partial charge in [-0.3, -0.25) is 39.5 Å². The molecule has 1 heterocycles. The van der Waals surface area contributed by atoms with E-state index in [1.54, 1.807) is 6.07 Å². The van der Waals surface area contributed by atoms with E-state index in [9.17, 15) is 34.6 Å². The standard InChI is InChI=1S/C25H16ClN3O9S/c1-37-21-4-2-3-15(23(21)38-20-10-9-17(28(33)34)12-18(20)29(35)36)11-22-24(31)27(25(32)39-22)13-19(30)14-5-7-16(26)8-6-14/h2-12H,13H2,1H3/b22-11+. The molecule has 0 aliphatic carbocycles. The Balaban J connectivity index is 1.66. The summed E-state index contributed by atoms with van der Waals surface area (Å²) >= 11 is 6.44. The zero-order chi connectivity index (χ0) is 28.3. The van der Waals surface area contributed by atoms with Gasteiger partial charge in [-0.05, 0) is 54.2 Å². The van der Waals surface area contributed by atoms with Crippen LogP contribution in [0.3, 0.4) is 0 Å². The molecule has 0 atom stereocenters. The molecule has 0 aromatic heterocycles. The zero-order valence-corrected chi connectivity index (χ0v) is 21.4. The van der Waals surface area contributed by atoms with E-state index in [1.807, 2.05) is 0 Å². The maximum Gasteiger partial charge on any atom is 0.318 e. The fourth-order valence-corrected chi connectivity index (χ4v) is 4.48. The summed E-state index contributed by atoms with van der Waals surface area (Å²) in [6.07, 6.45) is 1.33. The monoisotopic (exact) mass is 569 g/mol. The van der Waals surface area contributed by atoms with Crippen molar-refractivity contribution in [1.82, 2.24) is 4.90 Å². The molecule has 3 aromatic carbocycles. The van der Waals surface area contributed by atoms with Crippen molar-refractivity contribution in [2.24, 2.45) is 0 Å². The third-order valence-corrected chi connectivity index (χ3v) is 6.58. The number of amides is 2. The van der Waals surface area contributed by atoms with Crippen LogP contribution in [0.5, 0.6) is 17.2 Å². The number of carbonyl (C=O) groups is 3. The zero-order valence-electron chi connectivity index (χ0n) is 19.9. The lowest BCUT2D eigenvalue weighted by Crippen LogP contribution is -2.33. The van der Waals surface area contributed by atoms with Gasteiger partial charge in [-0.2, -0.15) is 0 Å². The van der Waals surface area contributed by atoms with Gasteiger partial charge in [0.05, 0.1) is 34.5 Å². The van der Waals surface area contributed by atoms with E-state index in [0.29, 0.717) is 16.8 Å². The van der Waals surface area contributed by atoms with E-state index in [-0.39, 0.29) is 33.3 Å². The van der Waals surface area contributed by atoms with Crippen molar-refractivity contribution in [2.45, 2.75) is 0 Å². The number of para-hydroxylation sites is 1. The number of nitro benzene ring substituents is 2. The van der Waals surface area contributed by atoms with Crippen molar-refractivity contribution in [3.05, 3.63) is 102 Å². The van der Waals surface area contributed by atoms with E-state index >= 15 is 0 Å². The lowest BCUT2D eigenvalue weighted by Gasteiger charge is -2.14. The lowest BCUT2D eigenvalue weighted by molar-refractivity contribution is -0.394. The molecule has 1 aliphatic heterocycles. The molecule has 198 valence electrons. The number of nitro groups is 2. The molecule has 4 rings (SSSR count). The normalized spacial score (nSPS) is 14.0. The highest BCUT2D eigenvalue weighted by molar-refractivity contribution is 8.18. The van der Waals surface area contributed by atoms with E-state index < -0.39 is 44.7 Å². The Labute approximate surface area is 229 Å². The van der Waals surface area contributed by atoms with Gasteiger partial charge in [0, 0.05) is 22.2 Å². The van der Waals surface area contributed by atoms with Gasteiger partial charge >= 0.3 is 5.69 Å². The molecule has 1 saturated heterocycles. The van der Waals surface area contributed by atoms with Gasteiger partial charge in [0.25, 0.3) is 16.8 Å². The SMILES string of the molecule is COc1cccc(/C=C2/SC(=O)N(CC(=O)c3ccc(Cl)cc3)C2=O)c1Oc1ccc([N+](=O)[O-])cc1[N+](=O)[O-]. The number of rotatable bonds is 9. The predicted molar refractivity (Wildman–Crippen MR) is 141 cm³/mol. The van der Waals surface area contributed by atoms with Crippen LogP contribution in [0.4, 0.5) is 16.2 Å². The van der Waals surface area contributed by atoms with Gasteiger partial charge in [-0.25, -0.2) is 0 Å². The first kappa shape index (κ1) is 27.3. The molecule has 0 N–H and O–H groups in total. The Kier molecular flexibility index (Phi) is 7.93. The number of halogens is 1. The van der Waals surface area contributed by atoms with Gasteiger partial charge in [0.15, 0.2) is 17.3 Å². The molecular formula is C25H16ClN3O9S. The number of hydrogen-bond donors (Lipinski definition) is 0. The number of hydrogen-bond acceptors (Lipinski definition) is 10. The molecule has 1 fully saturated rings. The highest BCUT2D eigenvalue weighted by Crippen LogP contribution is 2.42. The molecule has 0 unspecified atom stereocenters. The minimum Gasteiger partial charge on any atom is -0.493 e. The van der Waals surface area contributed by atoms with Crippen molar-refractivity contribution in [2.75, 3.05) is 13.7 Å². The Morgan fingerprint density at radius 1 is 1.03 bits per heavy atom. The fourth-order valence-electron chi connectivity index (χ4n) is 3.52. The Morgan fingerprint density at radius 3 is 2.38 bits per heavy atom. The number of nitrogens with zero attached hydrogens (tertiary/aromatic N) is 3. The number of thioether (sulfide) groups is 1. The number of benzene rings is 3.